The minimum Gasteiger partial charge on any atom is -0.419 e. The van der Waals surface area contributed by atoms with Crippen LogP contribution in [0.3, 0.4) is 0 Å². The molecule has 6 nitrogen and oxygen atoms in total. The van der Waals surface area contributed by atoms with E-state index in [2.05, 4.69) is 19.9 Å². The molecule has 0 atom stereocenters. The Morgan fingerprint density at radius 1 is 1.07 bits per heavy atom. The molecule has 1 radical (unpaired) electrons. The van der Waals surface area contributed by atoms with Gasteiger partial charge in [0.15, 0.2) is 0 Å². The molecule has 2 aromatic rings. The summed E-state index contributed by atoms with van der Waals surface area (Å²) in [5.74, 6) is 0.441. The van der Waals surface area contributed by atoms with Crippen molar-refractivity contribution in [3.63, 3.8) is 0 Å². The number of ether oxygens (including phenoxy) is 1. The summed E-state index contributed by atoms with van der Waals surface area (Å²) in [6.45, 7) is 0. The zero-order chi connectivity index (χ0) is 9.80. The Kier molecular flexibility index (Phi) is 2.18. The minimum atomic E-state index is -0.591. The van der Waals surface area contributed by atoms with Crippen LogP contribution < -0.4 is 4.74 Å². The van der Waals surface area contributed by atoms with E-state index in [1.165, 1.54) is 30.9 Å². The third kappa shape index (κ3) is 1.92. The Morgan fingerprint density at radius 2 is 2.00 bits per heavy atom. The van der Waals surface area contributed by atoms with Gasteiger partial charge >= 0.3 is 6.01 Å². The minimum absolute atomic E-state index is 0.158. The van der Waals surface area contributed by atoms with Gasteiger partial charge in [-0.3, -0.25) is 4.98 Å². The van der Waals surface area contributed by atoms with Gasteiger partial charge in [-0.15, -0.1) is 0 Å². The van der Waals surface area contributed by atoms with Gasteiger partial charge in [0.25, 0.3) is 0 Å². The molecule has 0 aliphatic carbocycles. The van der Waals surface area contributed by atoms with Crippen LogP contribution >= 0.6 is 0 Å². The Labute approximate surface area is 79.3 Å². The van der Waals surface area contributed by atoms with Gasteiger partial charge in [-0.1, -0.05) is 0 Å². The van der Waals surface area contributed by atoms with E-state index in [9.17, 15) is 5.11 Å². The van der Waals surface area contributed by atoms with Gasteiger partial charge in [-0.25, -0.2) is 10.1 Å². The van der Waals surface area contributed by atoms with Gasteiger partial charge in [0, 0.05) is 24.7 Å². The first-order valence-corrected chi connectivity index (χ1v) is 3.78. The fraction of sp³-hybridized carbons (Fsp3) is 0. The average Bonchev–Trinajstić information content (AvgIpc) is 2.19. The van der Waals surface area contributed by atoms with E-state index in [1.807, 2.05) is 0 Å². The fourth-order valence-electron chi connectivity index (χ4n) is 0.827. The molecule has 69 valence electrons. The summed E-state index contributed by atoms with van der Waals surface area (Å²) in [6.07, 6.45) is 5.74. The van der Waals surface area contributed by atoms with Gasteiger partial charge in [0.1, 0.15) is 0 Å². The highest BCUT2D eigenvalue weighted by Gasteiger charge is 2.01. The number of aromatic nitrogens is 4. The van der Waals surface area contributed by atoms with Gasteiger partial charge in [0.2, 0.25) is 11.8 Å². The second-order valence-electron chi connectivity index (χ2n) is 2.32. The first kappa shape index (κ1) is 8.36. The maximum absolute atomic E-state index is 10.7. The molecule has 0 unspecified atom stereocenters. The number of rotatable bonds is 2. The smallest absolute Gasteiger partial charge is 0.370 e. The van der Waals surface area contributed by atoms with Crippen molar-refractivity contribution in [2.24, 2.45) is 0 Å². The lowest BCUT2D eigenvalue weighted by Gasteiger charge is -2.00. The monoisotopic (exact) mass is 189 g/mol. The van der Waals surface area contributed by atoms with Crippen molar-refractivity contribution < 1.29 is 9.84 Å². The molecule has 0 aromatic carbocycles. The van der Waals surface area contributed by atoms with Crippen molar-refractivity contribution >= 4 is 0 Å². The van der Waals surface area contributed by atoms with Crippen molar-refractivity contribution in [2.75, 3.05) is 0 Å². The number of hydrogen-bond acceptors (Lipinski definition) is 5. The van der Waals surface area contributed by atoms with Crippen LogP contribution in [0.15, 0.2) is 30.9 Å². The lowest BCUT2D eigenvalue weighted by atomic mass is 10.6. The summed E-state index contributed by atoms with van der Waals surface area (Å²) >= 11 is 0. The Balaban J connectivity index is 2.19. The maximum Gasteiger partial charge on any atom is 0.370 e. The van der Waals surface area contributed by atoms with Crippen LogP contribution in [0.2, 0.25) is 0 Å². The van der Waals surface area contributed by atoms with E-state index >= 15 is 0 Å². The SMILES string of the molecule is [O]c1nccc(Oc2cnccn2)n1. The van der Waals surface area contributed by atoms with Crippen LogP contribution in [0, 0.1) is 0 Å². The Bertz CT molecular complexity index is 421. The summed E-state index contributed by atoms with van der Waals surface area (Å²) in [5, 5.41) is 10.7. The van der Waals surface area contributed by atoms with E-state index in [4.69, 9.17) is 4.74 Å². The van der Waals surface area contributed by atoms with E-state index in [0.717, 1.165) is 0 Å². The Hall–Kier alpha value is -2.24. The molecular formula is C8H5N4O2. The largest absolute Gasteiger partial charge is 0.419 e. The van der Waals surface area contributed by atoms with Crippen LogP contribution in [0.5, 0.6) is 17.8 Å². The van der Waals surface area contributed by atoms with E-state index in [-0.39, 0.29) is 11.8 Å². The summed E-state index contributed by atoms with van der Waals surface area (Å²) in [5.41, 5.74) is 0. The molecule has 0 saturated carbocycles. The van der Waals surface area contributed by atoms with Crippen LogP contribution in [0.25, 0.3) is 0 Å². The quantitative estimate of drug-likeness (QED) is 0.709. The fourth-order valence-corrected chi connectivity index (χ4v) is 0.827. The zero-order valence-electron chi connectivity index (χ0n) is 6.99. The highest BCUT2D eigenvalue weighted by Crippen LogP contribution is 2.15. The van der Waals surface area contributed by atoms with Crippen molar-refractivity contribution in [3.8, 4) is 17.8 Å². The highest BCUT2D eigenvalue weighted by atomic mass is 16.5. The molecule has 0 saturated heterocycles. The molecule has 0 aliphatic rings. The number of nitrogens with zero attached hydrogens (tertiary/aromatic N) is 4. The van der Waals surface area contributed by atoms with Crippen LogP contribution in [0.4, 0.5) is 0 Å². The van der Waals surface area contributed by atoms with Gasteiger partial charge in [-0.2, -0.15) is 9.97 Å². The molecule has 2 rings (SSSR count). The molecule has 0 aliphatic heterocycles. The molecule has 0 N–H and O–H groups in total. The molecule has 2 aromatic heterocycles. The van der Waals surface area contributed by atoms with Crippen LogP contribution in [0.1, 0.15) is 0 Å². The molecular weight excluding hydrogens is 184 g/mol. The molecule has 0 fully saturated rings. The number of hydrogen-bond donors (Lipinski definition) is 0. The standard InChI is InChI=1S/C8H5N4O2/c13-8-11-2-1-6(12-8)14-7-5-9-3-4-10-7/h1-5H. The Morgan fingerprint density at radius 3 is 2.71 bits per heavy atom. The second kappa shape index (κ2) is 3.65. The third-order valence-corrected chi connectivity index (χ3v) is 1.36. The maximum atomic E-state index is 10.7. The summed E-state index contributed by atoms with van der Waals surface area (Å²) < 4.78 is 5.13. The zero-order valence-corrected chi connectivity index (χ0v) is 6.99. The first-order chi connectivity index (χ1) is 6.84. The summed E-state index contributed by atoms with van der Waals surface area (Å²) in [6, 6.07) is 0.877. The van der Waals surface area contributed by atoms with Crippen molar-refractivity contribution in [1.29, 1.82) is 0 Å². The predicted octanol–water partition coefficient (Wildman–Crippen LogP) is 1.20. The average molecular weight is 189 g/mol. The lowest BCUT2D eigenvalue weighted by molar-refractivity contribution is 0.310. The van der Waals surface area contributed by atoms with Gasteiger partial charge in [0.05, 0.1) is 6.20 Å². The summed E-state index contributed by atoms with van der Waals surface area (Å²) in [4.78, 5) is 14.6. The van der Waals surface area contributed by atoms with Crippen molar-refractivity contribution in [1.82, 2.24) is 19.9 Å². The first-order valence-electron chi connectivity index (χ1n) is 3.78. The normalized spacial score (nSPS) is 9.71. The van der Waals surface area contributed by atoms with Crippen LogP contribution in [-0.2, 0) is 5.11 Å². The van der Waals surface area contributed by atoms with Crippen LogP contribution in [-0.4, -0.2) is 19.9 Å². The van der Waals surface area contributed by atoms with Crippen molar-refractivity contribution in [2.45, 2.75) is 0 Å². The van der Waals surface area contributed by atoms with Crippen molar-refractivity contribution in [3.05, 3.63) is 30.9 Å². The van der Waals surface area contributed by atoms with E-state index in [1.54, 1.807) is 0 Å². The lowest BCUT2D eigenvalue weighted by Crippen LogP contribution is -1.91. The molecule has 0 spiro atoms. The van der Waals surface area contributed by atoms with Gasteiger partial charge in [-0.05, 0) is 0 Å². The highest BCUT2D eigenvalue weighted by molar-refractivity contribution is 5.16. The third-order valence-electron chi connectivity index (χ3n) is 1.36. The van der Waals surface area contributed by atoms with E-state index in [0.29, 0.717) is 0 Å². The topological polar surface area (TPSA) is 80.7 Å². The molecule has 2 heterocycles. The molecule has 0 bridgehead atoms. The van der Waals surface area contributed by atoms with Gasteiger partial charge < -0.3 is 4.74 Å². The molecule has 0 amide bonds. The second-order valence-corrected chi connectivity index (χ2v) is 2.32. The predicted molar refractivity (Wildman–Crippen MR) is 44.3 cm³/mol. The van der Waals surface area contributed by atoms with E-state index < -0.39 is 6.01 Å². The molecule has 14 heavy (non-hydrogen) atoms. The summed E-state index contributed by atoms with van der Waals surface area (Å²) in [7, 11) is 0. The molecule has 6 heteroatoms.